The van der Waals surface area contributed by atoms with E-state index in [1.54, 1.807) is 0 Å². The lowest BCUT2D eigenvalue weighted by atomic mass is 10.3. The van der Waals surface area contributed by atoms with Gasteiger partial charge in [0.25, 0.3) is 0 Å². The maximum absolute atomic E-state index is 14.4. The van der Waals surface area contributed by atoms with Gasteiger partial charge in [0, 0.05) is 0 Å². The van der Waals surface area contributed by atoms with Gasteiger partial charge in [-0.3, -0.25) is 0 Å². The molecule has 0 amide bonds. The minimum Gasteiger partial charge on any atom is -0.200 e. The van der Waals surface area contributed by atoms with E-state index in [-0.39, 0.29) is 0 Å². The summed E-state index contributed by atoms with van der Waals surface area (Å²) < 4.78 is 139. The summed E-state index contributed by atoms with van der Waals surface area (Å²) >= 11 is 0. The summed E-state index contributed by atoms with van der Waals surface area (Å²) in [6, 6.07) is 0. The van der Waals surface area contributed by atoms with Gasteiger partial charge in [-0.2, -0.15) is 17.6 Å². The van der Waals surface area contributed by atoms with Gasteiger partial charge in [0.2, 0.25) is 58.2 Å². The van der Waals surface area contributed by atoms with Crippen molar-refractivity contribution in [1.82, 2.24) is 0 Å². The maximum Gasteiger partial charge on any atom is 0.208 e. The molecule has 0 nitrogen and oxygen atoms in total. The molecule has 142 valence electrons. The predicted molar refractivity (Wildman–Crippen MR) is 86.3 cm³/mol. The molecule has 0 N–H and O–H groups in total. The molecule has 0 saturated heterocycles. The molecule has 0 unspecified atom stereocenters. The van der Waals surface area contributed by atoms with E-state index < -0.39 is 101 Å². The fraction of sp³-hybridized carbons (Fsp3) is 0. The van der Waals surface area contributed by atoms with E-state index >= 15 is 0 Å². The molecule has 15 heteroatoms. The first kappa shape index (κ1) is 18.4. The summed E-state index contributed by atoms with van der Waals surface area (Å²) in [7, 11) is 0. The van der Waals surface area contributed by atoms with Crippen LogP contribution in [0.3, 0.4) is 0 Å². The molecule has 4 heterocycles. The topological polar surface area (TPSA) is 0 Å². The zero-order chi connectivity index (χ0) is 19.7. The van der Waals surface area contributed by atoms with Gasteiger partial charge in [0.05, 0.1) is 12.7 Å². The first-order valence-corrected chi connectivity index (χ1v) is 18.8. The van der Waals surface area contributed by atoms with Gasteiger partial charge >= 0.3 is 0 Å². The second-order valence-electron chi connectivity index (χ2n) is 5.51. The van der Waals surface area contributed by atoms with Crippen LogP contribution in [0.1, 0.15) is 0 Å². The van der Waals surface area contributed by atoms with Gasteiger partial charge in [0.15, 0.2) is 17.2 Å². The third kappa shape index (κ3) is 1.82. The van der Waals surface area contributed by atoms with Crippen LogP contribution in [-0.2, 0) is 0 Å². The molecule has 2 aromatic heterocycles. The van der Waals surface area contributed by atoms with E-state index in [2.05, 4.69) is 0 Å². The second kappa shape index (κ2) is 5.29. The fourth-order valence-electron chi connectivity index (χ4n) is 3.00. The minimum absolute atomic E-state index is 0.706. The van der Waals surface area contributed by atoms with E-state index in [0.29, 0.717) is 0 Å². The monoisotopic (exact) mass is 489 g/mol. The average Bonchev–Trinajstić information content (AvgIpc) is 3.49. The second-order valence-corrected chi connectivity index (χ2v) is 40.1. The van der Waals surface area contributed by atoms with Crippen LogP contribution in [0.5, 0.6) is 0 Å². The molecule has 6 rings (SSSR count). The SMILES string of the molecule is Fc1c(F)c(F)c([P+]2(c3c(F)c(F)c(F)c(F)c3F)p3p4p2p34)c(F)c1F. The Morgan fingerprint density at radius 2 is 0.593 bits per heavy atom. The zero-order valence-electron chi connectivity index (χ0n) is 12.0. The highest BCUT2D eigenvalue weighted by molar-refractivity contribution is 9.43. The fourth-order valence-corrected chi connectivity index (χ4v) is 138. The van der Waals surface area contributed by atoms with Crippen LogP contribution in [0, 0.1) is 58.2 Å². The van der Waals surface area contributed by atoms with Crippen LogP contribution in [0.15, 0.2) is 0 Å². The minimum atomic E-state index is -3.84. The van der Waals surface area contributed by atoms with Crippen molar-refractivity contribution in [2.24, 2.45) is 0 Å². The molecule has 0 spiro atoms. The molecule has 0 saturated carbocycles. The lowest BCUT2D eigenvalue weighted by Gasteiger charge is -2.30. The van der Waals surface area contributed by atoms with E-state index in [9.17, 15) is 43.9 Å². The number of hydrogen-bond acceptors (Lipinski definition) is 0. The third-order valence-corrected chi connectivity index (χ3v) is 80.2. The summed E-state index contributed by atoms with van der Waals surface area (Å²) in [5.41, 5.74) is 0. The first-order valence-electron chi connectivity index (χ1n) is 6.74. The molecule has 2 aliphatic heterocycles. The molecule has 2 bridgehead atoms. The van der Waals surface area contributed by atoms with Crippen molar-refractivity contribution in [2.45, 2.75) is 0 Å². The van der Waals surface area contributed by atoms with Crippen molar-refractivity contribution in [3.63, 3.8) is 0 Å². The van der Waals surface area contributed by atoms with Crippen molar-refractivity contribution < 1.29 is 43.9 Å². The Morgan fingerprint density at radius 3 is 0.815 bits per heavy atom. The Balaban J connectivity index is 1.91. The van der Waals surface area contributed by atoms with E-state index in [0.717, 1.165) is 0 Å². The van der Waals surface area contributed by atoms with Gasteiger partial charge in [-0.25, -0.2) is 26.3 Å². The number of halogens is 10. The van der Waals surface area contributed by atoms with Crippen molar-refractivity contribution in [2.75, 3.05) is 0 Å². The maximum atomic E-state index is 14.4. The molecular formula is C12F10P5+. The Labute approximate surface area is 145 Å². The Hall–Kier alpha value is -0.630. The molecule has 0 fully saturated rings. The first-order chi connectivity index (χ1) is 12.6. The van der Waals surface area contributed by atoms with E-state index in [1.807, 2.05) is 0 Å². The van der Waals surface area contributed by atoms with Gasteiger partial charge in [-0.05, 0) is 0 Å². The van der Waals surface area contributed by atoms with Gasteiger partial charge in [0.1, 0.15) is 13.2 Å². The summed E-state index contributed by atoms with van der Waals surface area (Å²) in [4.78, 5) is 0. The molecule has 2 aliphatic rings. The van der Waals surface area contributed by atoms with Gasteiger partial charge in [-0.15, -0.1) is 0 Å². The number of hydrogen-bond donors (Lipinski definition) is 0. The summed E-state index contributed by atoms with van der Waals surface area (Å²) in [6.45, 7) is -6.69. The van der Waals surface area contributed by atoms with Gasteiger partial charge in [-0.1, -0.05) is 0 Å². The largest absolute Gasteiger partial charge is 0.208 e. The number of benzene rings is 2. The summed E-state index contributed by atoms with van der Waals surface area (Å²) in [5, 5.41) is -2.70. The predicted octanol–water partition coefficient (Wildman–Crippen LogP) is 7.42. The molecule has 2 aromatic carbocycles. The zero-order valence-corrected chi connectivity index (χ0v) is 16.5. The van der Waals surface area contributed by atoms with Crippen LogP contribution in [0.2, 0.25) is 0 Å². The Kier molecular flexibility index (Phi) is 3.61. The van der Waals surface area contributed by atoms with Gasteiger partial charge < -0.3 is 0 Å². The lowest BCUT2D eigenvalue weighted by molar-refractivity contribution is 0.383. The lowest BCUT2D eigenvalue weighted by Crippen LogP contribution is -2.32. The van der Waals surface area contributed by atoms with Crippen LogP contribution in [-0.4, -0.2) is 0 Å². The normalized spacial score (nSPS) is 18.0. The van der Waals surface area contributed by atoms with Crippen LogP contribution in [0.25, 0.3) is 0 Å². The molecule has 4 aromatic rings. The third-order valence-electron chi connectivity index (χ3n) is 4.25. The highest BCUT2D eigenvalue weighted by atomic mass is 33.4. The van der Waals surface area contributed by atoms with E-state index in [4.69, 9.17) is 0 Å². The van der Waals surface area contributed by atoms with Crippen molar-refractivity contribution in [3.8, 4) is 0 Å². The molecular weight excluding hydrogens is 489 g/mol. The van der Waals surface area contributed by atoms with Crippen LogP contribution < -0.4 is 10.6 Å². The molecule has 0 radical (unpaired) electrons. The average molecular weight is 489 g/mol. The number of rotatable bonds is 2. The highest BCUT2D eigenvalue weighted by Gasteiger charge is 2.81. The Morgan fingerprint density at radius 1 is 0.370 bits per heavy atom. The standard InChI is InChI=1S/C12F10P5/c13-1-3(15)7(19)11(8(20)4(1)16)27(25-23-24(25)26(23)27)12-9(21)5(17)2(14)6(18)10(12)22/q+1. The smallest absolute Gasteiger partial charge is 0.200 e. The van der Waals surface area contributed by atoms with Crippen molar-refractivity contribution in [3.05, 3.63) is 58.2 Å². The quantitative estimate of drug-likeness (QED) is 0.105. The van der Waals surface area contributed by atoms with Crippen molar-refractivity contribution in [1.29, 1.82) is 0 Å². The Bertz CT molecular complexity index is 1120. The molecule has 0 aliphatic carbocycles. The highest BCUT2D eigenvalue weighted by Crippen LogP contribution is 3.42. The summed E-state index contributed by atoms with van der Waals surface area (Å²) in [6.07, 6.45) is -1.41. The molecule has 0 atom stereocenters. The van der Waals surface area contributed by atoms with Crippen LogP contribution in [0.4, 0.5) is 43.9 Å². The summed E-state index contributed by atoms with van der Waals surface area (Å²) in [5.74, 6) is -23.0. The van der Waals surface area contributed by atoms with Crippen LogP contribution >= 0.6 is 32.5 Å². The molecule has 27 heavy (non-hydrogen) atoms. The van der Waals surface area contributed by atoms with E-state index in [1.165, 1.54) is 0 Å². The van der Waals surface area contributed by atoms with Crippen molar-refractivity contribution >= 4 is 43.1 Å².